The van der Waals surface area contributed by atoms with E-state index in [0.717, 1.165) is 50.6 Å². The first-order chi connectivity index (χ1) is 15.6. The summed E-state index contributed by atoms with van der Waals surface area (Å²) in [4.78, 5) is 17.5. The van der Waals surface area contributed by atoms with E-state index in [9.17, 15) is 4.39 Å². The Kier molecular flexibility index (Phi) is 5.11. The molecule has 0 bridgehead atoms. The third-order valence-corrected chi connectivity index (χ3v) is 5.36. The van der Waals surface area contributed by atoms with Crippen molar-refractivity contribution in [2.75, 3.05) is 7.11 Å². The average Bonchev–Trinajstić information content (AvgIpc) is 3.24. The van der Waals surface area contributed by atoms with E-state index < -0.39 is 0 Å². The number of aryl methyl sites for hydroxylation is 1. The first-order valence-electron chi connectivity index (χ1n) is 10.3. The molecule has 0 radical (unpaired) electrons. The van der Waals surface area contributed by atoms with Crippen LogP contribution in [0.2, 0.25) is 0 Å². The number of H-pyrrole nitrogens is 1. The third-order valence-electron chi connectivity index (χ3n) is 5.36. The lowest BCUT2D eigenvalue weighted by atomic mass is 10.1. The van der Waals surface area contributed by atoms with E-state index in [1.807, 2.05) is 49.4 Å². The molecule has 5 rings (SSSR count). The second kappa shape index (κ2) is 8.23. The van der Waals surface area contributed by atoms with E-state index in [1.54, 1.807) is 18.3 Å². The second-order valence-electron chi connectivity index (χ2n) is 7.63. The fourth-order valence-corrected chi connectivity index (χ4v) is 3.81. The van der Waals surface area contributed by atoms with Crippen LogP contribution in [0.15, 0.2) is 72.9 Å². The van der Waals surface area contributed by atoms with Crippen LogP contribution in [-0.2, 0) is 6.42 Å². The van der Waals surface area contributed by atoms with Gasteiger partial charge in [-0.1, -0.05) is 24.3 Å². The topological polar surface area (TPSA) is 63.7 Å². The zero-order valence-electron chi connectivity index (χ0n) is 17.8. The number of halogens is 1. The van der Waals surface area contributed by atoms with Gasteiger partial charge in [-0.25, -0.2) is 9.37 Å². The Balaban J connectivity index is 1.62. The lowest BCUT2D eigenvalue weighted by Gasteiger charge is -2.05. The van der Waals surface area contributed by atoms with Crippen LogP contribution < -0.4 is 4.74 Å². The van der Waals surface area contributed by atoms with Crippen LogP contribution in [0.5, 0.6) is 5.75 Å². The number of methoxy groups -OCH3 is 1. The number of hydrogen-bond acceptors (Lipinski definition) is 4. The highest BCUT2D eigenvalue weighted by atomic mass is 19.1. The van der Waals surface area contributed by atoms with Gasteiger partial charge in [0.15, 0.2) is 11.6 Å². The molecule has 1 N–H and O–H groups in total. The van der Waals surface area contributed by atoms with Crippen LogP contribution in [0.4, 0.5) is 4.39 Å². The van der Waals surface area contributed by atoms with Crippen LogP contribution in [0.25, 0.3) is 33.5 Å². The van der Waals surface area contributed by atoms with Gasteiger partial charge in [-0.3, -0.25) is 9.97 Å². The van der Waals surface area contributed by atoms with Gasteiger partial charge in [-0.2, -0.15) is 0 Å². The Morgan fingerprint density at radius 3 is 2.72 bits per heavy atom. The predicted octanol–water partition coefficient (Wildman–Crippen LogP) is 5.73. The SMILES string of the molecule is COc1cc(Cc2nc(-c3ccc4ncccc4c3)c(-c3cccc(C)n3)[nH]2)ccc1F. The molecule has 0 saturated heterocycles. The molecule has 6 heteroatoms. The summed E-state index contributed by atoms with van der Waals surface area (Å²) < 4.78 is 18.9. The van der Waals surface area contributed by atoms with Gasteiger partial charge < -0.3 is 9.72 Å². The first-order valence-corrected chi connectivity index (χ1v) is 10.3. The Labute approximate surface area is 185 Å². The molecule has 0 atom stereocenters. The van der Waals surface area contributed by atoms with Crippen molar-refractivity contribution < 1.29 is 9.13 Å². The maximum atomic E-state index is 13.8. The predicted molar refractivity (Wildman–Crippen MR) is 123 cm³/mol. The van der Waals surface area contributed by atoms with Crippen molar-refractivity contribution in [1.82, 2.24) is 19.9 Å². The summed E-state index contributed by atoms with van der Waals surface area (Å²) in [5.41, 5.74) is 6.22. The molecule has 158 valence electrons. The van der Waals surface area contributed by atoms with Crippen molar-refractivity contribution >= 4 is 10.9 Å². The molecule has 0 fully saturated rings. The minimum Gasteiger partial charge on any atom is -0.494 e. The van der Waals surface area contributed by atoms with E-state index in [-0.39, 0.29) is 11.6 Å². The van der Waals surface area contributed by atoms with Gasteiger partial charge in [0.1, 0.15) is 5.82 Å². The molecule has 0 saturated carbocycles. The number of ether oxygens (including phenoxy) is 1. The normalized spacial score (nSPS) is 11.1. The number of nitrogens with zero attached hydrogens (tertiary/aromatic N) is 3. The number of benzene rings is 2. The number of aromatic nitrogens is 4. The number of pyridine rings is 2. The fraction of sp³-hybridized carbons (Fsp3) is 0.115. The number of fused-ring (bicyclic) bond motifs is 1. The minimum absolute atomic E-state index is 0.219. The highest BCUT2D eigenvalue weighted by Crippen LogP contribution is 2.32. The molecular weight excluding hydrogens is 403 g/mol. The summed E-state index contributed by atoms with van der Waals surface area (Å²) >= 11 is 0. The van der Waals surface area contributed by atoms with Gasteiger partial charge in [0, 0.05) is 29.3 Å². The van der Waals surface area contributed by atoms with Crippen molar-refractivity contribution in [3.8, 4) is 28.4 Å². The van der Waals surface area contributed by atoms with Crippen molar-refractivity contribution in [3.05, 3.63) is 95.8 Å². The van der Waals surface area contributed by atoms with E-state index >= 15 is 0 Å². The Morgan fingerprint density at radius 1 is 0.969 bits per heavy atom. The summed E-state index contributed by atoms with van der Waals surface area (Å²) in [7, 11) is 1.46. The Bertz CT molecular complexity index is 1430. The van der Waals surface area contributed by atoms with Gasteiger partial charge >= 0.3 is 0 Å². The van der Waals surface area contributed by atoms with Crippen molar-refractivity contribution in [2.24, 2.45) is 0 Å². The van der Waals surface area contributed by atoms with Crippen LogP contribution in [0.3, 0.4) is 0 Å². The highest BCUT2D eigenvalue weighted by Gasteiger charge is 2.17. The molecule has 3 heterocycles. The summed E-state index contributed by atoms with van der Waals surface area (Å²) in [6.07, 6.45) is 2.29. The first kappa shape index (κ1) is 19.9. The molecule has 0 aliphatic carbocycles. The largest absolute Gasteiger partial charge is 0.494 e. The Morgan fingerprint density at radius 2 is 1.88 bits per heavy atom. The maximum absolute atomic E-state index is 13.8. The molecule has 5 nitrogen and oxygen atoms in total. The fourth-order valence-electron chi connectivity index (χ4n) is 3.81. The molecule has 0 amide bonds. The number of imidazole rings is 1. The van der Waals surface area contributed by atoms with E-state index in [1.165, 1.54) is 13.2 Å². The van der Waals surface area contributed by atoms with Gasteiger partial charge in [-0.15, -0.1) is 0 Å². The molecule has 5 aromatic rings. The molecule has 32 heavy (non-hydrogen) atoms. The molecular formula is C26H21FN4O. The lowest BCUT2D eigenvalue weighted by molar-refractivity contribution is 0.386. The van der Waals surface area contributed by atoms with Crippen LogP contribution in [0, 0.1) is 12.7 Å². The van der Waals surface area contributed by atoms with E-state index in [2.05, 4.69) is 16.0 Å². The zero-order chi connectivity index (χ0) is 22.1. The standard InChI is InChI=1S/C26H21FN4O/c1-16-5-3-7-22(29-16)26-25(19-9-11-21-18(15-19)6-4-12-28-21)30-24(31-26)14-17-8-10-20(27)23(13-17)32-2/h3-13,15H,14H2,1-2H3,(H,30,31). The zero-order valence-corrected chi connectivity index (χ0v) is 17.8. The van der Waals surface area contributed by atoms with Crippen molar-refractivity contribution in [2.45, 2.75) is 13.3 Å². The smallest absolute Gasteiger partial charge is 0.165 e. The van der Waals surface area contributed by atoms with Crippen molar-refractivity contribution in [1.29, 1.82) is 0 Å². The lowest BCUT2D eigenvalue weighted by Crippen LogP contribution is -1.94. The average molecular weight is 424 g/mol. The minimum atomic E-state index is -0.384. The number of rotatable bonds is 5. The third kappa shape index (κ3) is 3.83. The quantitative estimate of drug-likeness (QED) is 0.391. The molecule has 0 aliphatic rings. The number of hydrogen-bond donors (Lipinski definition) is 1. The summed E-state index contributed by atoms with van der Waals surface area (Å²) in [6, 6.07) is 20.8. The second-order valence-corrected chi connectivity index (χ2v) is 7.63. The van der Waals surface area contributed by atoms with Crippen LogP contribution in [0.1, 0.15) is 17.1 Å². The van der Waals surface area contributed by atoms with Crippen LogP contribution in [-0.4, -0.2) is 27.0 Å². The van der Waals surface area contributed by atoms with Crippen molar-refractivity contribution in [3.63, 3.8) is 0 Å². The molecule has 3 aromatic heterocycles. The monoisotopic (exact) mass is 424 g/mol. The molecule has 0 spiro atoms. The van der Waals surface area contributed by atoms with Crippen LogP contribution >= 0.6 is 0 Å². The maximum Gasteiger partial charge on any atom is 0.165 e. The van der Waals surface area contributed by atoms with Gasteiger partial charge in [0.25, 0.3) is 0 Å². The van der Waals surface area contributed by atoms with E-state index in [0.29, 0.717) is 6.42 Å². The molecule has 0 unspecified atom stereocenters. The summed E-state index contributed by atoms with van der Waals surface area (Å²) in [6.45, 7) is 1.97. The number of nitrogens with one attached hydrogen (secondary N) is 1. The molecule has 0 aliphatic heterocycles. The highest BCUT2D eigenvalue weighted by molar-refractivity contribution is 5.86. The van der Waals surface area contributed by atoms with Gasteiger partial charge in [-0.05, 0) is 55.0 Å². The Hall–Kier alpha value is -4.06. The van der Waals surface area contributed by atoms with Gasteiger partial charge in [0.05, 0.1) is 29.7 Å². The summed E-state index contributed by atoms with van der Waals surface area (Å²) in [5.74, 6) is 0.598. The van der Waals surface area contributed by atoms with E-state index in [4.69, 9.17) is 14.7 Å². The van der Waals surface area contributed by atoms with Gasteiger partial charge in [0.2, 0.25) is 0 Å². The number of aromatic amines is 1. The molecule has 2 aromatic carbocycles. The summed E-state index contributed by atoms with van der Waals surface area (Å²) in [5, 5.41) is 1.04.